The average Bonchev–Trinajstić information content (AvgIpc) is 0.897. The first-order valence-corrected chi connectivity index (χ1v) is 34.1. The van der Waals surface area contributed by atoms with Gasteiger partial charge in [-0.2, -0.15) is 0 Å². The van der Waals surface area contributed by atoms with E-state index in [4.69, 9.17) is 0 Å². The van der Waals surface area contributed by atoms with Crippen LogP contribution >= 0.6 is 0 Å². The van der Waals surface area contributed by atoms with Gasteiger partial charge in [0.1, 0.15) is 6.33 Å². The van der Waals surface area contributed by atoms with Gasteiger partial charge >= 0.3 is 0 Å². The molecule has 0 bridgehead atoms. The van der Waals surface area contributed by atoms with Crippen LogP contribution in [0.15, 0.2) is 176 Å². The molecule has 5 rings (SSSR count). The highest BCUT2D eigenvalue weighted by Crippen LogP contribution is 2.27. The van der Waals surface area contributed by atoms with Crippen LogP contribution in [0.25, 0.3) is 30.4 Å². The van der Waals surface area contributed by atoms with Crippen molar-refractivity contribution in [1.29, 1.82) is 0 Å². The Morgan fingerprint density at radius 1 is 0.404 bits per heavy atom. The lowest BCUT2D eigenvalue weighted by Gasteiger charge is -2.28. The van der Waals surface area contributed by atoms with Crippen molar-refractivity contribution in [3.8, 4) is 0 Å². The molecule has 5 aromatic rings. The Balaban J connectivity index is -0.00000106. The number of nitrogens with zero attached hydrogens (tertiary/aromatic N) is 10. The van der Waals surface area contributed by atoms with E-state index in [1.165, 1.54) is 29.4 Å². The van der Waals surface area contributed by atoms with Gasteiger partial charge in [-0.15, -0.1) is 13.2 Å². The first-order valence-electron chi connectivity index (χ1n) is 34.1. The largest absolute Gasteiger partial charge is 0.339 e. The van der Waals surface area contributed by atoms with E-state index in [9.17, 15) is 14.4 Å². The molecule has 0 fully saturated rings. The van der Waals surface area contributed by atoms with Gasteiger partial charge in [0.05, 0.1) is 22.8 Å². The molecule has 0 atom stereocenters. The van der Waals surface area contributed by atoms with Crippen molar-refractivity contribution in [3.63, 3.8) is 0 Å². The molecule has 13 nitrogen and oxygen atoms in total. The predicted octanol–water partition coefficient (Wildman–Crippen LogP) is 20.8. The molecule has 0 spiro atoms. The number of amides is 3. The lowest BCUT2D eigenvalue weighted by Crippen LogP contribution is -2.36. The molecule has 0 aromatic carbocycles. The number of aromatic nitrogens is 7. The average molecular weight is 1350 g/mol. The maximum Gasteiger partial charge on any atom is 0.246 e. The summed E-state index contributed by atoms with van der Waals surface area (Å²) in [7, 11) is 0. The Morgan fingerprint density at radius 2 is 0.869 bits per heavy atom. The lowest BCUT2D eigenvalue weighted by atomic mass is 9.86. The molecule has 0 aliphatic rings. The fourth-order valence-electron chi connectivity index (χ4n) is 8.19. The molecule has 13 heteroatoms. The van der Waals surface area contributed by atoms with Crippen LogP contribution in [0.5, 0.6) is 0 Å². The first kappa shape index (κ1) is 94.6. The number of hydrogen-bond donors (Lipinski definition) is 0. The maximum atomic E-state index is 11.4. The van der Waals surface area contributed by atoms with Gasteiger partial charge in [-0.3, -0.25) is 29.3 Å². The third-order valence-corrected chi connectivity index (χ3v) is 13.7. The highest BCUT2D eigenvalue weighted by molar-refractivity contribution is 5.88. The molecular formula is C86H132N10O3. The minimum atomic E-state index is -0.0326. The van der Waals surface area contributed by atoms with Crippen LogP contribution in [0.3, 0.4) is 0 Å². The maximum absolute atomic E-state index is 11.4. The molecule has 0 aliphatic heterocycles. The van der Waals surface area contributed by atoms with E-state index in [1.54, 1.807) is 76.0 Å². The monoisotopic (exact) mass is 1350 g/mol. The van der Waals surface area contributed by atoms with E-state index < -0.39 is 0 Å². The third-order valence-electron chi connectivity index (χ3n) is 13.7. The number of hydrogen-bond acceptors (Lipinski definition) is 10. The van der Waals surface area contributed by atoms with Crippen LogP contribution in [0.2, 0.25) is 0 Å². The number of likely N-dealkylation sites (N-methyl/N-ethyl adjacent to an activating group) is 1. The van der Waals surface area contributed by atoms with Crippen molar-refractivity contribution in [2.45, 2.75) is 207 Å². The van der Waals surface area contributed by atoms with Crippen molar-refractivity contribution in [2.24, 2.45) is 16.2 Å². The second-order valence-corrected chi connectivity index (χ2v) is 32.2. The Labute approximate surface area is 603 Å². The van der Waals surface area contributed by atoms with Crippen molar-refractivity contribution in [2.75, 3.05) is 39.3 Å². The van der Waals surface area contributed by atoms with Gasteiger partial charge in [0, 0.05) is 91.2 Å². The van der Waals surface area contributed by atoms with Gasteiger partial charge in [-0.1, -0.05) is 243 Å². The smallest absolute Gasteiger partial charge is 0.246 e. The minimum absolute atomic E-state index is 0.0193. The van der Waals surface area contributed by atoms with E-state index in [0.717, 1.165) is 72.5 Å². The second-order valence-electron chi connectivity index (χ2n) is 32.2. The SMILES string of the molecule is C=CC(=O)N(CC)CC(C)(C)C.C=CCN(CC(C)(C)C)C(=O)C=C.C=CCN(CCC(C)(C)C)C(=O)C=C.C=Cc1cc(C(C)(C)C)ccn1.C=Cc1cc(C(C)(C)C)ncn1.C=Cc1cccc(C(C)(C)C)n1.C=Cc1nccc(C(C)(C)C)n1.C=Cc1ncccc1C(C)(C)C. The highest BCUT2D eigenvalue weighted by Gasteiger charge is 2.22. The topological polar surface area (TPSA) is 151 Å². The summed E-state index contributed by atoms with van der Waals surface area (Å²) in [5, 5.41) is 0. The summed E-state index contributed by atoms with van der Waals surface area (Å²) in [6, 6.07) is 18.1. The van der Waals surface area contributed by atoms with Gasteiger partial charge in [0.25, 0.3) is 0 Å². The van der Waals surface area contributed by atoms with Crippen molar-refractivity contribution in [3.05, 3.63) is 232 Å². The fraction of sp³-hybridized carbons (Fsp3) is 0.465. The number of carbonyl (C=O) groups is 3. The van der Waals surface area contributed by atoms with Crippen molar-refractivity contribution >= 4 is 48.1 Å². The molecule has 0 radical (unpaired) electrons. The van der Waals surface area contributed by atoms with Gasteiger partial charge in [0.15, 0.2) is 5.82 Å². The van der Waals surface area contributed by atoms with Crippen LogP contribution in [-0.4, -0.2) is 107 Å². The summed E-state index contributed by atoms with van der Waals surface area (Å²) in [5.74, 6) is 0.666. The second kappa shape index (κ2) is 45.2. The minimum Gasteiger partial charge on any atom is -0.339 e. The van der Waals surface area contributed by atoms with Gasteiger partial charge in [-0.05, 0) is 143 Å². The normalized spacial score (nSPS) is 11.1. The summed E-state index contributed by atoms with van der Waals surface area (Å²) in [5.41, 5.74) is 10.7. The van der Waals surface area contributed by atoms with E-state index >= 15 is 0 Å². The summed E-state index contributed by atoms with van der Waals surface area (Å²) in [4.78, 5) is 68.7. The van der Waals surface area contributed by atoms with Gasteiger partial charge in [-0.25, -0.2) is 19.9 Å². The Kier molecular flexibility index (Phi) is 43.2. The predicted molar refractivity (Wildman–Crippen MR) is 430 cm³/mol. The molecule has 3 amide bonds. The van der Waals surface area contributed by atoms with E-state index in [1.807, 2.05) is 55.6 Å². The molecular weight excluding hydrogens is 1220 g/mol. The fourth-order valence-corrected chi connectivity index (χ4v) is 8.19. The zero-order chi connectivity index (χ0) is 77.4. The van der Waals surface area contributed by atoms with Crippen molar-refractivity contribution in [1.82, 2.24) is 49.6 Å². The zero-order valence-electron chi connectivity index (χ0n) is 66.5. The molecule has 99 heavy (non-hydrogen) atoms. The summed E-state index contributed by atoms with van der Waals surface area (Å²) < 4.78 is 0. The molecule has 5 aromatic heterocycles. The molecule has 0 unspecified atom stereocenters. The number of rotatable bonds is 17. The Hall–Kier alpha value is -8.58. The zero-order valence-corrected chi connectivity index (χ0v) is 66.5. The molecule has 5 heterocycles. The number of carbonyl (C=O) groups excluding carboxylic acids is 3. The Morgan fingerprint density at radius 3 is 1.28 bits per heavy atom. The van der Waals surface area contributed by atoms with Gasteiger partial charge < -0.3 is 14.7 Å². The highest BCUT2D eigenvalue weighted by atomic mass is 16.2. The summed E-state index contributed by atoms with van der Waals surface area (Å²) in [6.45, 7) is 93.7. The van der Waals surface area contributed by atoms with Crippen LogP contribution in [-0.2, 0) is 41.5 Å². The van der Waals surface area contributed by atoms with Crippen molar-refractivity contribution < 1.29 is 14.4 Å². The molecule has 0 N–H and O–H groups in total. The standard InChI is InChI=1S/C12H21NO.C11H19NO.3C11H15N.2C10H14N2.C10H19NO/c1-6-9-13(11(14)7-2)10-8-12(3,4)5;1-6-8-12(10(13)7-2)9-11(3,4)5;1-5-10-8-9(6-7-12-10)11(2,3)4;1-5-10-9(11(2,3)4)7-6-8-12-10;1-5-9-7-6-8-10(12-9)11(2,3)4;1-5-8-6-9(10(2,3)4)12-7-11-8;1-5-9-11-7-6-8(12-9)10(2,3)4;1-6-9(12)11(7-2)8-10(3,4)5/h6-7H,1-2,8-10H2,3-5H3;6-7H,1-2,8-9H2,3-5H3;3*5-8H,1H2,2-4H3;2*5-7H,1H2,2-4H3;6H,1,7-8H2,2-5H3. The third kappa shape index (κ3) is 44.1. The lowest BCUT2D eigenvalue weighted by molar-refractivity contribution is -0.127. The number of pyridine rings is 3. The van der Waals surface area contributed by atoms with Crippen LogP contribution in [0.1, 0.15) is 236 Å². The Bertz CT molecular complexity index is 3070. The molecule has 0 saturated heterocycles. The quantitative estimate of drug-likeness (QED) is 0.0650. The molecule has 0 aliphatic carbocycles. The molecule has 544 valence electrons. The van der Waals surface area contributed by atoms with E-state index in [-0.39, 0.29) is 61.0 Å². The van der Waals surface area contributed by atoms with E-state index in [0.29, 0.717) is 18.9 Å². The van der Waals surface area contributed by atoms with Gasteiger partial charge in [0.2, 0.25) is 17.7 Å². The summed E-state index contributed by atoms with van der Waals surface area (Å²) >= 11 is 0. The van der Waals surface area contributed by atoms with Crippen LogP contribution in [0, 0.1) is 16.2 Å². The van der Waals surface area contributed by atoms with E-state index in [2.05, 4.69) is 279 Å². The van der Waals surface area contributed by atoms with Crippen LogP contribution in [0.4, 0.5) is 0 Å². The first-order chi connectivity index (χ1) is 45.4. The summed E-state index contributed by atoms with van der Waals surface area (Å²) in [6.07, 6.45) is 24.2. The van der Waals surface area contributed by atoms with Crippen LogP contribution < -0.4 is 0 Å². The molecule has 0 saturated carbocycles.